The van der Waals surface area contributed by atoms with Gasteiger partial charge in [0.05, 0.1) is 0 Å². The Hall–Kier alpha value is -3.19. The van der Waals surface area contributed by atoms with Gasteiger partial charge in [0.1, 0.15) is 17.9 Å². The average Bonchev–Trinajstić information content (AvgIpc) is 3.08. The van der Waals surface area contributed by atoms with Gasteiger partial charge in [0.15, 0.2) is 0 Å². The van der Waals surface area contributed by atoms with Crippen LogP contribution in [0.5, 0.6) is 5.75 Å². The number of nitrogens with zero attached hydrogens (tertiary/aromatic N) is 1. The molecule has 2 aliphatic heterocycles. The molecule has 2 N–H and O–H groups in total. The van der Waals surface area contributed by atoms with Gasteiger partial charge in [0.2, 0.25) is 11.8 Å². The fraction of sp³-hybridized carbons (Fsp3) is 0.375. The normalized spacial score (nSPS) is 25.1. The van der Waals surface area contributed by atoms with Crippen LogP contribution in [0.4, 0.5) is 0 Å². The van der Waals surface area contributed by atoms with Crippen molar-refractivity contribution in [3.8, 4) is 5.75 Å². The van der Waals surface area contributed by atoms with Gasteiger partial charge in [-0.05, 0) is 48.6 Å². The van der Waals surface area contributed by atoms with E-state index in [0.717, 1.165) is 30.7 Å². The number of hydrogen-bond donors (Lipinski definition) is 2. The number of rotatable bonds is 6. The van der Waals surface area contributed by atoms with E-state index < -0.39 is 11.9 Å². The number of amides is 3. The first-order valence-electron chi connectivity index (χ1n) is 10.8. The Balaban J connectivity index is 1.21. The number of ether oxygens (including phenoxy) is 1. The van der Waals surface area contributed by atoms with E-state index in [1.165, 1.54) is 5.56 Å². The van der Waals surface area contributed by atoms with Crippen molar-refractivity contribution in [2.45, 2.75) is 57.0 Å². The number of carbonyl (C=O) groups excluding carboxylic acids is 3. The third-order valence-electron chi connectivity index (χ3n) is 6.40. The van der Waals surface area contributed by atoms with E-state index in [2.05, 4.69) is 22.8 Å². The summed E-state index contributed by atoms with van der Waals surface area (Å²) < 4.78 is 6.21. The van der Waals surface area contributed by atoms with Crippen molar-refractivity contribution < 1.29 is 19.1 Å². The summed E-state index contributed by atoms with van der Waals surface area (Å²) in [5.74, 6) is -0.0947. The van der Waals surface area contributed by atoms with Crippen LogP contribution in [0.3, 0.4) is 0 Å². The van der Waals surface area contributed by atoms with Crippen LogP contribution in [-0.4, -0.2) is 40.8 Å². The topological polar surface area (TPSA) is 87.7 Å². The fourth-order valence-corrected chi connectivity index (χ4v) is 4.49. The van der Waals surface area contributed by atoms with Gasteiger partial charge in [-0.3, -0.25) is 19.7 Å². The number of imide groups is 1. The third kappa shape index (κ3) is 3.93. The smallest absolute Gasteiger partial charge is 0.255 e. The predicted octanol–water partition coefficient (Wildman–Crippen LogP) is 2.15. The number of nitrogens with one attached hydrogen (secondary N) is 2. The summed E-state index contributed by atoms with van der Waals surface area (Å²) in [6.45, 7) is 1.17. The van der Waals surface area contributed by atoms with Gasteiger partial charge in [0.25, 0.3) is 5.91 Å². The van der Waals surface area contributed by atoms with Crippen molar-refractivity contribution >= 4 is 17.7 Å². The van der Waals surface area contributed by atoms with E-state index in [0.29, 0.717) is 24.6 Å². The first-order chi connectivity index (χ1) is 15.1. The molecule has 7 nitrogen and oxygen atoms in total. The van der Waals surface area contributed by atoms with E-state index in [1.54, 1.807) is 11.0 Å². The molecule has 0 spiro atoms. The van der Waals surface area contributed by atoms with Crippen LogP contribution in [-0.2, 0) is 22.7 Å². The molecule has 1 saturated carbocycles. The lowest BCUT2D eigenvalue weighted by atomic mass is 9.88. The molecule has 2 fully saturated rings. The Morgan fingerprint density at radius 3 is 2.61 bits per heavy atom. The molecule has 160 valence electrons. The Kier molecular flexibility index (Phi) is 5.19. The van der Waals surface area contributed by atoms with Gasteiger partial charge in [-0.25, -0.2) is 0 Å². The quantitative estimate of drug-likeness (QED) is 0.701. The lowest BCUT2D eigenvalue weighted by Crippen LogP contribution is -2.52. The maximum Gasteiger partial charge on any atom is 0.255 e. The highest BCUT2D eigenvalue weighted by atomic mass is 16.5. The van der Waals surface area contributed by atoms with E-state index in [1.807, 2.05) is 30.3 Å². The lowest BCUT2D eigenvalue weighted by Gasteiger charge is -2.37. The van der Waals surface area contributed by atoms with Gasteiger partial charge in [0, 0.05) is 31.1 Å². The maximum atomic E-state index is 12.8. The largest absolute Gasteiger partial charge is 0.489 e. The minimum atomic E-state index is -0.597. The summed E-state index contributed by atoms with van der Waals surface area (Å²) in [6, 6.07) is 15.5. The van der Waals surface area contributed by atoms with Crippen LogP contribution in [0.2, 0.25) is 0 Å². The van der Waals surface area contributed by atoms with Crippen LogP contribution < -0.4 is 15.4 Å². The Labute approximate surface area is 180 Å². The molecule has 1 unspecified atom stereocenters. The standard InChI is InChI=1S/C24H25N3O4/c28-22-11-9-20(23(29)26-22)27-14-16-12-17(6-7-18(16)24(27)30)31-21-10-8-19(21)25-13-15-4-2-1-3-5-15/h1-7,12,19-21,25H,8-11,13-14H2,(H,26,28,29)/t19-,20?,21+/m1/s1. The maximum absolute atomic E-state index is 12.8. The molecule has 0 aromatic heterocycles. The zero-order valence-corrected chi connectivity index (χ0v) is 17.2. The highest BCUT2D eigenvalue weighted by Crippen LogP contribution is 2.32. The Morgan fingerprint density at radius 1 is 1.03 bits per heavy atom. The second-order valence-electron chi connectivity index (χ2n) is 8.43. The number of carbonyl (C=O) groups is 3. The van der Waals surface area contributed by atoms with Crippen molar-refractivity contribution in [1.82, 2.24) is 15.5 Å². The van der Waals surface area contributed by atoms with Crippen LogP contribution in [0.15, 0.2) is 48.5 Å². The molecule has 2 aromatic rings. The van der Waals surface area contributed by atoms with E-state index in [4.69, 9.17) is 4.74 Å². The Morgan fingerprint density at radius 2 is 1.87 bits per heavy atom. The third-order valence-corrected chi connectivity index (χ3v) is 6.40. The fourth-order valence-electron chi connectivity index (χ4n) is 4.49. The summed E-state index contributed by atoms with van der Waals surface area (Å²) >= 11 is 0. The number of hydrogen-bond acceptors (Lipinski definition) is 5. The molecule has 7 heteroatoms. The SMILES string of the molecule is O=C1CCC(N2Cc3cc(O[C@H]4CC[C@H]4NCc4ccccc4)ccc3C2=O)C(=O)N1. The first-order valence-corrected chi connectivity index (χ1v) is 10.8. The molecule has 3 amide bonds. The van der Waals surface area contributed by atoms with Gasteiger partial charge >= 0.3 is 0 Å². The zero-order chi connectivity index (χ0) is 21.4. The second-order valence-corrected chi connectivity index (χ2v) is 8.43. The second kappa shape index (κ2) is 8.15. The predicted molar refractivity (Wildman–Crippen MR) is 113 cm³/mol. The van der Waals surface area contributed by atoms with Crippen LogP contribution in [0.1, 0.15) is 47.2 Å². The van der Waals surface area contributed by atoms with Gasteiger partial charge < -0.3 is 15.0 Å². The molecule has 0 bridgehead atoms. The summed E-state index contributed by atoms with van der Waals surface area (Å²) in [7, 11) is 0. The highest BCUT2D eigenvalue weighted by Gasteiger charge is 2.39. The zero-order valence-electron chi connectivity index (χ0n) is 17.2. The van der Waals surface area contributed by atoms with Crippen molar-refractivity contribution in [3.05, 3.63) is 65.2 Å². The monoisotopic (exact) mass is 419 g/mol. The van der Waals surface area contributed by atoms with Crippen molar-refractivity contribution in [3.63, 3.8) is 0 Å². The van der Waals surface area contributed by atoms with Gasteiger partial charge in [-0.15, -0.1) is 0 Å². The van der Waals surface area contributed by atoms with Crippen molar-refractivity contribution in [1.29, 1.82) is 0 Å². The van der Waals surface area contributed by atoms with Crippen molar-refractivity contribution in [2.24, 2.45) is 0 Å². The first kappa shape index (κ1) is 19.8. The average molecular weight is 419 g/mol. The molecular formula is C24H25N3O4. The van der Waals surface area contributed by atoms with E-state index in [-0.39, 0.29) is 24.3 Å². The van der Waals surface area contributed by atoms with Gasteiger partial charge in [-0.2, -0.15) is 0 Å². The van der Waals surface area contributed by atoms with Crippen molar-refractivity contribution in [2.75, 3.05) is 0 Å². The van der Waals surface area contributed by atoms with E-state index in [9.17, 15) is 14.4 Å². The number of piperidine rings is 1. The summed E-state index contributed by atoms with van der Waals surface area (Å²) in [6.07, 6.45) is 2.79. The molecule has 31 heavy (non-hydrogen) atoms. The summed E-state index contributed by atoms with van der Waals surface area (Å²) in [5, 5.41) is 5.90. The molecular weight excluding hydrogens is 394 g/mol. The molecule has 5 rings (SSSR count). The molecule has 1 saturated heterocycles. The highest BCUT2D eigenvalue weighted by molar-refractivity contribution is 6.05. The number of fused-ring (bicyclic) bond motifs is 1. The Bertz CT molecular complexity index is 1020. The lowest BCUT2D eigenvalue weighted by molar-refractivity contribution is -0.136. The van der Waals surface area contributed by atoms with Crippen LogP contribution in [0.25, 0.3) is 0 Å². The molecule has 0 radical (unpaired) electrons. The molecule has 3 aliphatic rings. The van der Waals surface area contributed by atoms with Gasteiger partial charge in [-0.1, -0.05) is 30.3 Å². The van der Waals surface area contributed by atoms with E-state index >= 15 is 0 Å². The molecule has 2 aromatic carbocycles. The molecule has 1 aliphatic carbocycles. The van der Waals surface area contributed by atoms with Crippen LogP contribution >= 0.6 is 0 Å². The summed E-state index contributed by atoms with van der Waals surface area (Å²) in [5.41, 5.74) is 2.71. The minimum absolute atomic E-state index is 0.102. The molecule has 2 heterocycles. The number of benzene rings is 2. The molecule has 3 atom stereocenters. The summed E-state index contributed by atoms with van der Waals surface area (Å²) in [4.78, 5) is 38.0. The van der Waals surface area contributed by atoms with Crippen LogP contribution in [0, 0.1) is 0 Å². The minimum Gasteiger partial charge on any atom is -0.489 e.